The van der Waals surface area contributed by atoms with Crippen LogP contribution in [0.5, 0.6) is 0 Å². The molecule has 0 amide bonds. The number of nitriles is 1. The molecule has 4 aromatic heterocycles. The zero-order chi connectivity index (χ0) is 22.4. The van der Waals surface area contributed by atoms with Crippen molar-refractivity contribution < 1.29 is 0 Å². The number of pyridine rings is 1. The summed E-state index contributed by atoms with van der Waals surface area (Å²) in [5, 5.41) is 27.5. The number of fused-ring (bicyclic) bond motifs is 2. The highest BCUT2D eigenvalue weighted by Crippen LogP contribution is 2.27. The fourth-order valence-corrected chi connectivity index (χ4v) is 4.08. The molecule has 0 aliphatic rings. The number of aryl methyl sites for hydroxylation is 1. The molecule has 2 aromatic carbocycles. The summed E-state index contributed by atoms with van der Waals surface area (Å²) < 4.78 is 3.86. The Bertz CT molecular complexity index is 1660. The lowest BCUT2D eigenvalue weighted by Gasteiger charge is -2.09. The summed E-state index contributed by atoms with van der Waals surface area (Å²) >= 11 is 0. The molecular formula is C25H18N8. The number of rotatable bonds is 4. The van der Waals surface area contributed by atoms with Crippen LogP contribution in [0.2, 0.25) is 0 Å². The summed E-state index contributed by atoms with van der Waals surface area (Å²) in [6.07, 6.45) is 5.46. The number of H-pyrrole nitrogens is 1. The topological polar surface area (TPSA) is 101 Å². The number of benzene rings is 2. The van der Waals surface area contributed by atoms with Gasteiger partial charge < -0.3 is 0 Å². The highest BCUT2D eigenvalue weighted by molar-refractivity contribution is 5.87. The van der Waals surface area contributed by atoms with E-state index in [2.05, 4.69) is 27.4 Å². The fourth-order valence-electron chi connectivity index (χ4n) is 4.08. The Morgan fingerprint density at radius 3 is 2.76 bits per heavy atom. The van der Waals surface area contributed by atoms with Gasteiger partial charge >= 0.3 is 0 Å². The van der Waals surface area contributed by atoms with Gasteiger partial charge in [-0.05, 0) is 55.0 Å². The average molecular weight is 430 g/mol. The van der Waals surface area contributed by atoms with E-state index in [4.69, 9.17) is 15.3 Å². The molecule has 0 unspecified atom stereocenters. The maximum atomic E-state index is 9.02. The van der Waals surface area contributed by atoms with Crippen LogP contribution >= 0.6 is 0 Å². The third-order valence-electron chi connectivity index (χ3n) is 5.81. The first kappa shape index (κ1) is 19.0. The van der Waals surface area contributed by atoms with Crippen LogP contribution in [0.1, 0.15) is 16.8 Å². The van der Waals surface area contributed by atoms with E-state index in [-0.39, 0.29) is 0 Å². The first-order valence-corrected chi connectivity index (χ1v) is 10.5. The summed E-state index contributed by atoms with van der Waals surface area (Å²) in [5.41, 5.74) is 7.24. The number of nitrogens with zero attached hydrogens (tertiary/aromatic N) is 7. The summed E-state index contributed by atoms with van der Waals surface area (Å²) in [6, 6.07) is 19.8. The molecule has 0 fully saturated rings. The molecule has 0 spiro atoms. The Morgan fingerprint density at radius 2 is 1.91 bits per heavy atom. The fraction of sp³-hybridized carbons (Fsp3) is 0.0800. The van der Waals surface area contributed by atoms with Crippen LogP contribution in [0, 0.1) is 18.3 Å². The van der Waals surface area contributed by atoms with Crippen molar-refractivity contribution in [3.63, 3.8) is 0 Å². The normalized spacial score (nSPS) is 11.3. The highest BCUT2D eigenvalue weighted by Gasteiger charge is 2.14. The van der Waals surface area contributed by atoms with Gasteiger partial charge in [0, 0.05) is 23.2 Å². The molecule has 0 aliphatic carbocycles. The first-order chi connectivity index (χ1) is 16.2. The number of nitrogens with one attached hydrogen (secondary N) is 1. The standard InChI is InChI=1S/C25H18N8/c1-16-21-14-27-23(24-8-9-29-32(24)15-18-4-2-17(12-26)3-5-18)11-25(21)33(31-16)20-7-6-19-13-28-30-22(19)10-20/h2-11,13-14H,15H2,1H3,(H,28,30). The molecule has 1 N–H and O–H groups in total. The van der Waals surface area contributed by atoms with Gasteiger partial charge in [-0.2, -0.15) is 20.6 Å². The lowest BCUT2D eigenvalue weighted by atomic mass is 10.1. The highest BCUT2D eigenvalue weighted by atomic mass is 15.3. The molecule has 4 heterocycles. The minimum atomic E-state index is 0.586. The molecule has 0 saturated heterocycles. The van der Waals surface area contributed by atoms with E-state index < -0.39 is 0 Å². The predicted octanol–water partition coefficient (Wildman–Crippen LogP) is 4.39. The molecular weight excluding hydrogens is 412 g/mol. The van der Waals surface area contributed by atoms with Crippen LogP contribution in [0.15, 0.2) is 73.2 Å². The van der Waals surface area contributed by atoms with Gasteiger partial charge in [0.2, 0.25) is 0 Å². The average Bonchev–Trinajstić information content (AvgIpc) is 3.58. The molecule has 6 rings (SSSR count). The molecule has 33 heavy (non-hydrogen) atoms. The lowest BCUT2D eigenvalue weighted by molar-refractivity contribution is 0.693. The molecule has 0 bridgehead atoms. The predicted molar refractivity (Wildman–Crippen MR) is 125 cm³/mol. The second-order valence-corrected chi connectivity index (χ2v) is 7.91. The smallest absolute Gasteiger partial charge is 0.0991 e. The molecule has 0 aliphatic heterocycles. The largest absolute Gasteiger partial charge is 0.278 e. The molecule has 0 radical (unpaired) electrons. The number of aromatic amines is 1. The van der Waals surface area contributed by atoms with E-state index in [1.165, 1.54) is 0 Å². The maximum Gasteiger partial charge on any atom is 0.0991 e. The SMILES string of the molecule is Cc1nn(-c2ccc3cn[nH]c3c2)c2cc(-c3ccnn3Cc3ccc(C#N)cc3)ncc12. The van der Waals surface area contributed by atoms with Crippen molar-refractivity contribution in [2.75, 3.05) is 0 Å². The number of hydrogen-bond acceptors (Lipinski definition) is 5. The Kier molecular flexibility index (Phi) is 4.27. The van der Waals surface area contributed by atoms with Crippen molar-refractivity contribution >= 4 is 21.8 Å². The van der Waals surface area contributed by atoms with Crippen molar-refractivity contribution in [1.82, 2.24) is 34.7 Å². The van der Waals surface area contributed by atoms with Gasteiger partial charge in [-0.15, -0.1) is 0 Å². The van der Waals surface area contributed by atoms with E-state index in [1.807, 2.05) is 77.2 Å². The van der Waals surface area contributed by atoms with Crippen LogP contribution in [0.4, 0.5) is 0 Å². The molecule has 8 heteroatoms. The van der Waals surface area contributed by atoms with E-state index in [0.717, 1.165) is 50.1 Å². The quantitative estimate of drug-likeness (QED) is 0.447. The molecule has 0 saturated carbocycles. The summed E-state index contributed by atoms with van der Waals surface area (Å²) in [4.78, 5) is 4.72. The van der Waals surface area contributed by atoms with Crippen molar-refractivity contribution in [2.24, 2.45) is 0 Å². The summed E-state index contributed by atoms with van der Waals surface area (Å²) in [6.45, 7) is 2.58. The first-order valence-electron chi connectivity index (χ1n) is 10.5. The Balaban J connectivity index is 1.42. The zero-order valence-corrected chi connectivity index (χ0v) is 17.8. The molecule has 6 aromatic rings. The second-order valence-electron chi connectivity index (χ2n) is 7.91. The molecule has 158 valence electrons. The minimum absolute atomic E-state index is 0.586. The molecule has 8 nitrogen and oxygen atoms in total. The van der Waals surface area contributed by atoms with Crippen molar-refractivity contribution in [3.05, 3.63) is 90.0 Å². The number of aromatic nitrogens is 7. The van der Waals surface area contributed by atoms with Gasteiger partial charge in [0.05, 0.1) is 58.2 Å². The maximum absolute atomic E-state index is 9.02. The van der Waals surface area contributed by atoms with E-state index in [9.17, 15) is 0 Å². The van der Waals surface area contributed by atoms with E-state index in [0.29, 0.717) is 12.1 Å². The van der Waals surface area contributed by atoms with Crippen LogP contribution in [0.3, 0.4) is 0 Å². The minimum Gasteiger partial charge on any atom is -0.278 e. The van der Waals surface area contributed by atoms with Crippen molar-refractivity contribution in [1.29, 1.82) is 5.26 Å². The van der Waals surface area contributed by atoms with Crippen molar-refractivity contribution in [3.8, 4) is 23.1 Å². The second kappa shape index (κ2) is 7.43. The van der Waals surface area contributed by atoms with Crippen LogP contribution in [0.25, 0.3) is 38.9 Å². The van der Waals surface area contributed by atoms with Crippen LogP contribution in [-0.2, 0) is 6.54 Å². The lowest BCUT2D eigenvalue weighted by Crippen LogP contribution is -2.04. The Labute approximate surface area is 188 Å². The Morgan fingerprint density at radius 1 is 1.03 bits per heavy atom. The van der Waals surface area contributed by atoms with E-state index >= 15 is 0 Å². The third-order valence-corrected chi connectivity index (χ3v) is 5.81. The monoisotopic (exact) mass is 430 g/mol. The van der Waals surface area contributed by atoms with Gasteiger partial charge in [-0.25, -0.2) is 4.68 Å². The van der Waals surface area contributed by atoms with Gasteiger partial charge in [-0.1, -0.05) is 12.1 Å². The summed E-state index contributed by atoms with van der Waals surface area (Å²) in [7, 11) is 0. The van der Waals surface area contributed by atoms with Gasteiger partial charge in [0.25, 0.3) is 0 Å². The summed E-state index contributed by atoms with van der Waals surface area (Å²) in [5.74, 6) is 0. The Hall–Kier alpha value is -4.77. The molecule has 0 atom stereocenters. The van der Waals surface area contributed by atoms with E-state index in [1.54, 1.807) is 6.20 Å². The van der Waals surface area contributed by atoms with Gasteiger partial charge in [0.15, 0.2) is 0 Å². The van der Waals surface area contributed by atoms with Crippen LogP contribution < -0.4 is 0 Å². The van der Waals surface area contributed by atoms with Crippen LogP contribution in [-0.4, -0.2) is 34.7 Å². The van der Waals surface area contributed by atoms with Crippen molar-refractivity contribution in [2.45, 2.75) is 13.5 Å². The zero-order valence-electron chi connectivity index (χ0n) is 17.8. The third kappa shape index (κ3) is 3.23. The van der Waals surface area contributed by atoms with Gasteiger partial charge in [0.1, 0.15) is 0 Å². The number of hydrogen-bond donors (Lipinski definition) is 1. The van der Waals surface area contributed by atoms with Gasteiger partial charge in [-0.3, -0.25) is 14.8 Å².